The lowest BCUT2D eigenvalue weighted by atomic mass is 9.83. The van der Waals surface area contributed by atoms with Gasteiger partial charge in [-0.05, 0) is 76.4 Å². The summed E-state index contributed by atoms with van der Waals surface area (Å²) in [5.41, 5.74) is 3.27. The number of aromatic nitrogens is 1. The van der Waals surface area contributed by atoms with Gasteiger partial charge in [-0.1, -0.05) is 18.2 Å². The minimum absolute atomic E-state index is 0.219. The van der Waals surface area contributed by atoms with Crippen LogP contribution in [0, 0.1) is 0 Å². The van der Waals surface area contributed by atoms with Crippen molar-refractivity contribution in [3.05, 3.63) is 59.8 Å². The Kier molecular flexibility index (Phi) is 10.7. The number of nitrogens with one attached hydrogen (secondary N) is 1. The summed E-state index contributed by atoms with van der Waals surface area (Å²) in [5.74, 6) is -0.781. The minimum Gasteiger partial charge on any atom is -0.497 e. The molecule has 3 heterocycles. The molecule has 1 amide bonds. The van der Waals surface area contributed by atoms with Crippen LogP contribution >= 0.6 is 0 Å². The van der Waals surface area contributed by atoms with Crippen molar-refractivity contribution >= 4 is 22.8 Å². The number of fused-ring (bicyclic) bond motifs is 4. The SMILES string of the molecule is COc1ccc2[nH]c3c(c2c1)CCN(C(=O)CN(C(C)C)C(C)C)C31CCN(CCOc2ccccc2)C1.O=C(O)C(F)(F)F. The van der Waals surface area contributed by atoms with Gasteiger partial charge in [0, 0.05) is 54.9 Å². The smallest absolute Gasteiger partial charge is 0.490 e. The molecule has 0 aliphatic carbocycles. The van der Waals surface area contributed by atoms with Gasteiger partial charge in [-0.15, -0.1) is 0 Å². The number of nitrogens with zero attached hydrogens (tertiary/aromatic N) is 3. The zero-order valence-corrected chi connectivity index (χ0v) is 26.5. The van der Waals surface area contributed by atoms with Gasteiger partial charge in [0.2, 0.25) is 5.91 Å². The third-order valence-corrected chi connectivity index (χ3v) is 8.61. The number of H-pyrrole nitrogens is 1. The van der Waals surface area contributed by atoms with Crippen LogP contribution in [0.5, 0.6) is 11.5 Å². The largest absolute Gasteiger partial charge is 0.497 e. The van der Waals surface area contributed by atoms with Crippen LogP contribution in [0.3, 0.4) is 0 Å². The molecule has 2 aliphatic rings. The normalized spacial score (nSPS) is 18.4. The number of hydrogen-bond acceptors (Lipinski definition) is 6. The van der Waals surface area contributed by atoms with E-state index in [-0.39, 0.29) is 11.4 Å². The molecule has 1 spiro atoms. The maximum atomic E-state index is 14.0. The summed E-state index contributed by atoms with van der Waals surface area (Å²) in [7, 11) is 1.71. The standard InChI is InChI=1S/C31H42N4O3.C2HF3O2/c1-22(2)34(23(3)4)20-29(36)35-15-13-26-27-19-25(37-5)11-12-28(27)32-30(26)31(35)14-16-33(21-31)17-18-38-24-9-7-6-8-10-24;3-2(4,5)1(6)7/h6-12,19,22-23,32H,13-18,20-21H2,1-5H3;(H,6,7). The Hall–Kier alpha value is -3.77. The van der Waals surface area contributed by atoms with Crippen LogP contribution < -0.4 is 9.47 Å². The molecule has 2 aliphatic heterocycles. The van der Waals surface area contributed by atoms with E-state index in [0.717, 1.165) is 56.0 Å². The van der Waals surface area contributed by atoms with Crippen LogP contribution in [-0.4, -0.2) is 101 Å². The molecule has 1 saturated heterocycles. The monoisotopic (exact) mass is 632 g/mol. The van der Waals surface area contributed by atoms with Crippen LogP contribution in [0.1, 0.15) is 45.4 Å². The minimum atomic E-state index is -5.08. The van der Waals surface area contributed by atoms with E-state index in [1.807, 2.05) is 36.4 Å². The first kappa shape index (κ1) is 34.1. The van der Waals surface area contributed by atoms with E-state index >= 15 is 0 Å². The van der Waals surface area contributed by atoms with Crippen molar-refractivity contribution in [2.45, 2.75) is 64.3 Å². The number of carboxylic acids is 1. The number of benzene rings is 2. The molecule has 1 atom stereocenters. The molecule has 1 fully saturated rings. The second-order valence-corrected chi connectivity index (χ2v) is 12.1. The summed E-state index contributed by atoms with van der Waals surface area (Å²) in [4.78, 5) is 33.6. The molecule has 45 heavy (non-hydrogen) atoms. The molecule has 3 aromatic rings. The second kappa shape index (κ2) is 14.1. The average Bonchev–Trinajstić information content (AvgIpc) is 3.58. The highest BCUT2D eigenvalue weighted by Crippen LogP contribution is 2.45. The Balaban J connectivity index is 0.000000591. The zero-order valence-electron chi connectivity index (χ0n) is 26.5. The summed E-state index contributed by atoms with van der Waals surface area (Å²) >= 11 is 0. The van der Waals surface area contributed by atoms with Gasteiger partial charge < -0.3 is 24.5 Å². The Bertz CT molecular complexity index is 1450. The molecular weight excluding hydrogens is 589 g/mol. The number of ether oxygens (including phenoxy) is 2. The van der Waals surface area contributed by atoms with Crippen molar-refractivity contribution in [2.75, 3.05) is 46.4 Å². The molecule has 5 rings (SSSR count). The van der Waals surface area contributed by atoms with Crippen molar-refractivity contribution in [1.29, 1.82) is 0 Å². The molecule has 0 saturated carbocycles. The highest BCUT2D eigenvalue weighted by Gasteiger charge is 2.51. The third-order valence-electron chi connectivity index (χ3n) is 8.61. The quantitative estimate of drug-likeness (QED) is 0.331. The summed E-state index contributed by atoms with van der Waals surface area (Å²) in [6, 6.07) is 16.8. The number of likely N-dealkylation sites (tertiary alicyclic amines) is 1. The molecule has 1 aromatic heterocycles. The summed E-state index contributed by atoms with van der Waals surface area (Å²) in [5, 5.41) is 8.34. The van der Waals surface area contributed by atoms with E-state index in [1.54, 1.807) is 7.11 Å². The molecule has 12 heteroatoms. The van der Waals surface area contributed by atoms with Crippen molar-refractivity contribution in [2.24, 2.45) is 0 Å². The van der Waals surface area contributed by atoms with Crippen LogP contribution in [0.2, 0.25) is 0 Å². The summed E-state index contributed by atoms with van der Waals surface area (Å²) in [6.45, 7) is 13.0. The Labute approximate surface area is 261 Å². The van der Waals surface area contributed by atoms with E-state index < -0.39 is 12.1 Å². The van der Waals surface area contributed by atoms with Crippen LogP contribution in [0.15, 0.2) is 48.5 Å². The van der Waals surface area contributed by atoms with Gasteiger partial charge in [0.1, 0.15) is 18.1 Å². The second-order valence-electron chi connectivity index (χ2n) is 12.1. The molecule has 1 unspecified atom stereocenters. The molecule has 246 valence electrons. The van der Waals surface area contributed by atoms with E-state index in [2.05, 4.69) is 59.5 Å². The topological polar surface area (TPSA) is 98.3 Å². The first-order valence-electron chi connectivity index (χ1n) is 15.2. The Morgan fingerprint density at radius 3 is 2.31 bits per heavy atom. The van der Waals surface area contributed by atoms with Crippen molar-refractivity contribution in [3.63, 3.8) is 0 Å². The number of amides is 1. The maximum Gasteiger partial charge on any atom is 0.490 e. The molecular formula is C33H43F3N4O5. The van der Waals surface area contributed by atoms with E-state index in [4.69, 9.17) is 19.4 Å². The summed E-state index contributed by atoms with van der Waals surface area (Å²) < 4.78 is 43.3. The third kappa shape index (κ3) is 7.73. The summed E-state index contributed by atoms with van der Waals surface area (Å²) in [6.07, 6.45) is -3.33. The first-order valence-corrected chi connectivity index (χ1v) is 15.2. The van der Waals surface area contributed by atoms with Crippen molar-refractivity contribution in [3.8, 4) is 11.5 Å². The number of carboxylic acid groups (broad SMARTS) is 1. The fraction of sp³-hybridized carbons (Fsp3) is 0.515. The van der Waals surface area contributed by atoms with Crippen molar-refractivity contribution in [1.82, 2.24) is 19.7 Å². The van der Waals surface area contributed by atoms with E-state index in [9.17, 15) is 18.0 Å². The maximum absolute atomic E-state index is 14.0. The number of aliphatic carboxylic acids is 1. The van der Waals surface area contributed by atoms with Gasteiger partial charge in [0.05, 0.1) is 19.2 Å². The van der Waals surface area contributed by atoms with E-state index in [0.29, 0.717) is 25.2 Å². The molecule has 9 nitrogen and oxygen atoms in total. The highest BCUT2D eigenvalue weighted by atomic mass is 19.4. The van der Waals surface area contributed by atoms with Crippen LogP contribution in [-0.2, 0) is 21.5 Å². The van der Waals surface area contributed by atoms with Gasteiger partial charge >= 0.3 is 12.1 Å². The molecule has 0 bridgehead atoms. The van der Waals surface area contributed by atoms with Crippen LogP contribution in [0.25, 0.3) is 10.9 Å². The number of aromatic amines is 1. The van der Waals surface area contributed by atoms with E-state index in [1.165, 1.54) is 16.6 Å². The van der Waals surface area contributed by atoms with Gasteiger partial charge in [0.15, 0.2) is 0 Å². The fourth-order valence-electron chi connectivity index (χ4n) is 6.45. The number of para-hydroxylation sites is 1. The lowest BCUT2D eigenvalue weighted by Crippen LogP contribution is -2.58. The van der Waals surface area contributed by atoms with Gasteiger partial charge in [-0.25, -0.2) is 4.79 Å². The predicted molar refractivity (Wildman–Crippen MR) is 166 cm³/mol. The number of methoxy groups -OCH3 is 1. The predicted octanol–water partition coefficient (Wildman–Crippen LogP) is 5.29. The Morgan fingerprint density at radius 2 is 1.71 bits per heavy atom. The fourth-order valence-corrected chi connectivity index (χ4v) is 6.45. The number of alkyl halides is 3. The number of hydrogen-bond donors (Lipinski definition) is 2. The number of halogens is 3. The highest BCUT2D eigenvalue weighted by molar-refractivity contribution is 5.88. The number of rotatable bonds is 9. The number of carbonyl (C=O) groups is 2. The molecule has 2 N–H and O–H groups in total. The zero-order chi connectivity index (χ0) is 32.9. The Morgan fingerprint density at radius 1 is 1.04 bits per heavy atom. The first-order chi connectivity index (χ1) is 21.3. The lowest BCUT2D eigenvalue weighted by molar-refractivity contribution is -0.192. The number of carbonyl (C=O) groups excluding carboxylic acids is 1. The average molecular weight is 633 g/mol. The van der Waals surface area contributed by atoms with Gasteiger partial charge in [0.25, 0.3) is 0 Å². The molecule has 0 radical (unpaired) electrons. The van der Waals surface area contributed by atoms with Crippen molar-refractivity contribution < 1.29 is 37.3 Å². The van der Waals surface area contributed by atoms with Gasteiger partial charge in [-0.3, -0.25) is 14.6 Å². The lowest BCUT2D eigenvalue weighted by Gasteiger charge is -2.46. The molecule has 2 aromatic carbocycles. The van der Waals surface area contributed by atoms with Gasteiger partial charge in [-0.2, -0.15) is 13.2 Å². The van der Waals surface area contributed by atoms with Crippen LogP contribution in [0.4, 0.5) is 13.2 Å².